The molecule has 4 nitrogen and oxygen atoms in total. The maximum atomic E-state index is 11.7. The smallest absolute Gasteiger partial charge is 0.251 e. The van der Waals surface area contributed by atoms with Gasteiger partial charge in [-0.3, -0.25) is 9.78 Å². The average Bonchev–Trinajstić information content (AvgIpc) is 2.27. The van der Waals surface area contributed by atoms with Crippen LogP contribution >= 0.6 is 0 Å². The summed E-state index contributed by atoms with van der Waals surface area (Å²) < 4.78 is 0. The summed E-state index contributed by atoms with van der Waals surface area (Å²) in [4.78, 5) is 15.5. The summed E-state index contributed by atoms with van der Waals surface area (Å²) in [5.74, 6) is -0.103. The van der Waals surface area contributed by atoms with Gasteiger partial charge in [0.2, 0.25) is 0 Å². The Bertz CT molecular complexity index is 347. The zero-order valence-electron chi connectivity index (χ0n) is 9.90. The Balaban J connectivity index is 2.54. The highest BCUT2D eigenvalue weighted by atomic mass is 16.3. The minimum Gasteiger partial charge on any atom is -0.388 e. The Morgan fingerprint density at radius 1 is 1.50 bits per heavy atom. The first kappa shape index (κ1) is 12.6. The molecule has 1 amide bonds. The van der Waals surface area contributed by atoms with Crippen LogP contribution in [0.2, 0.25) is 0 Å². The third-order valence-corrected chi connectivity index (χ3v) is 2.79. The van der Waals surface area contributed by atoms with Crippen molar-refractivity contribution in [1.82, 2.24) is 10.3 Å². The van der Waals surface area contributed by atoms with Gasteiger partial charge in [0.15, 0.2) is 0 Å². The first-order valence-corrected chi connectivity index (χ1v) is 5.34. The summed E-state index contributed by atoms with van der Waals surface area (Å²) in [5.41, 5.74) is -0.336. The number of carbonyl (C=O) groups is 1. The van der Waals surface area contributed by atoms with E-state index >= 15 is 0 Å². The summed E-state index contributed by atoms with van der Waals surface area (Å²) in [6.45, 7) is 5.79. The molecule has 0 aliphatic rings. The molecule has 0 aliphatic carbocycles. The fourth-order valence-corrected chi connectivity index (χ4v) is 1.07. The molecule has 1 heterocycles. The molecule has 88 valence electrons. The van der Waals surface area contributed by atoms with E-state index in [0.717, 1.165) is 0 Å². The lowest BCUT2D eigenvalue weighted by Gasteiger charge is -2.27. The van der Waals surface area contributed by atoms with Gasteiger partial charge in [-0.05, 0) is 25.0 Å². The predicted octanol–water partition coefficient (Wildman–Crippen LogP) is 1.22. The summed E-state index contributed by atoms with van der Waals surface area (Å²) in [6, 6.07) is 3.28. The number of aliphatic hydroxyl groups is 1. The van der Waals surface area contributed by atoms with Crippen LogP contribution < -0.4 is 5.32 Å². The normalized spacial score (nSPS) is 14.6. The number of hydrogen-bond acceptors (Lipinski definition) is 3. The molecule has 0 aromatic carbocycles. The quantitative estimate of drug-likeness (QED) is 0.805. The van der Waals surface area contributed by atoms with Gasteiger partial charge < -0.3 is 10.4 Å². The van der Waals surface area contributed by atoms with Crippen LogP contribution in [0.1, 0.15) is 31.1 Å². The van der Waals surface area contributed by atoms with Crippen LogP contribution in [-0.2, 0) is 0 Å². The van der Waals surface area contributed by atoms with Crippen LogP contribution in [0, 0.1) is 5.92 Å². The number of nitrogens with one attached hydrogen (secondary N) is 1. The minimum atomic E-state index is -0.886. The Hall–Kier alpha value is -1.42. The second-order valence-corrected chi connectivity index (χ2v) is 4.43. The SMILES string of the molecule is CC(C)C(C)(O)CNC(=O)c1ccncc1. The average molecular weight is 222 g/mol. The lowest BCUT2D eigenvalue weighted by atomic mass is 9.92. The van der Waals surface area contributed by atoms with Crippen LogP contribution in [0.3, 0.4) is 0 Å². The number of rotatable bonds is 4. The van der Waals surface area contributed by atoms with Crippen molar-refractivity contribution >= 4 is 5.91 Å². The Morgan fingerprint density at radius 3 is 2.56 bits per heavy atom. The summed E-state index contributed by atoms with van der Waals surface area (Å²) in [5, 5.41) is 12.7. The van der Waals surface area contributed by atoms with E-state index in [-0.39, 0.29) is 18.4 Å². The second-order valence-electron chi connectivity index (χ2n) is 4.43. The van der Waals surface area contributed by atoms with Gasteiger partial charge >= 0.3 is 0 Å². The highest BCUT2D eigenvalue weighted by Crippen LogP contribution is 2.14. The number of pyridine rings is 1. The molecule has 1 rings (SSSR count). The molecule has 0 radical (unpaired) electrons. The van der Waals surface area contributed by atoms with Gasteiger partial charge in [0, 0.05) is 24.5 Å². The molecule has 16 heavy (non-hydrogen) atoms. The fourth-order valence-electron chi connectivity index (χ4n) is 1.07. The van der Waals surface area contributed by atoms with Crippen molar-refractivity contribution < 1.29 is 9.90 Å². The Morgan fingerprint density at radius 2 is 2.06 bits per heavy atom. The van der Waals surface area contributed by atoms with Crippen molar-refractivity contribution in [3.05, 3.63) is 30.1 Å². The van der Waals surface area contributed by atoms with Crippen molar-refractivity contribution in [2.45, 2.75) is 26.4 Å². The fraction of sp³-hybridized carbons (Fsp3) is 0.500. The van der Waals surface area contributed by atoms with Crippen LogP contribution in [0.4, 0.5) is 0 Å². The van der Waals surface area contributed by atoms with E-state index in [9.17, 15) is 9.90 Å². The molecule has 0 spiro atoms. The van der Waals surface area contributed by atoms with Crippen molar-refractivity contribution in [2.24, 2.45) is 5.92 Å². The van der Waals surface area contributed by atoms with Gasteiger partial charge in [0.25, 0.3) is 5.91 Å². The van der Waals surface area contributed by atoms with Crippen LogP contribution in [0.25, 0.3) is 0 Å². The van der Waals surface area contributed by atoms with Crippen molar-refractivity contribution in [1.29, 1.82) is 0 Å². The molecule has 1 aromatic heterocycles. The second kappa shape index (κ2) is 5.07. The summed E-state index contributed by atoms with van der Waals surface area (Å²) in [7, 11) is 0. The lowest BCUT2D eigenvalue weighted by Crippen LogP contribution is -2.44. The molecule has 1 atom stereocenters. The van der Waals surface area contributed by atoms with Crippen molar-refractivity contribution in [3.63, 3.8) is 0 Å². The topological polar surface area (TPSA) is 62.2 Å². The third-order valence-electron chi connectivity index (χ3n) is 2.79. The molecular weight excluding hydrogens is 204 g/mol. The number of aromatic nitrogens is 1. The molecule has 0 bridgehead atoms. The van der Waals surface area contributed by atoms with Gasteiger partial charge in [0.05, 0.1) is 5.60 Å². The molecular formula is C12H18N2O2. The molecule has 0 aliphatic heterocycles. The molecule has 2 N–H and O–H groups in total. The molecule has 0 saturated heterocycles. The minimum absolute atomic E-state index is 0.0882. The molecule has 4 heteroatoms. The number of carbonyl (C=O) groups excluding carboxylic acids is 1. The zero-order valence-corrected chi connectivity index (χ0v) is 9.90. The highest BCUT2D eigenvalue weighted by Gasteiger charge is 2.25. The third kappa shape index (κ3) is 3.31. The summed E-state index contributed by atoms with van der Waals surface area (Å²) in [6.07, 6.45) is 3.13. The van der Waals surface area contributed by atoms with E-state index in [1.807, 2.05) is 13.8 Å². The van der Waals surface area contributed by atoms with E-state index in [1.54, 1.807) is 31.5 Å². The number of hydrogen-bond donors (Lipinski definition) is 2. The standard InChI is InChI=1S/C12H18N2O2/c1-9(2)12(3,16)8-14-11(15)10-4-6-13-7-5-10/h4-7,9,16H,8H2,1-3H3,(H,14,15). The molecule has 0 saturated carbocycles. The zero-order chi connectivity index (χ0) is 12.2. The van der Waals surface area contributed by atoms with Gasteiger partial charge in [-0.15, -0.1) is 0 Å². The highest BCUT2D eigenvalue weighted by molar-refractivity contribution is 5.93. The van der Waals surface area contributed by atoms with Gasteiger partial charge in [-0.2, -0.15) is 0 Å². The van der Waals surface area contributed by atoms with Crippen LogP contribution in [-0.4, -0.2) is 28.1 Å². The number of amides is 1. The molecule has 1 unspecified atom stereocenters. The lowest BCUT2D eigenvalue weighted by molar-refractivity contribution is 0.0142. The monoisotopic (exact) mass is 222 g/mol. The summed E-state index contributed by atoms with van der Waals surface area (Å²) >= 11 is 0. The maximum absolute atomic E-state index is 11.7. The Kier molecular flexibility index (Phi) is 4.01. The van der Waals surface area contributed by atoms with Gasteiger partial charge in [-0.1, -0.05) is 13.8 Å². The van der Waals surface area contributed by atoms with Gasteiger partial charge in [-0.25, -0.2) is 0 Å². The first-order chi connectivity index (χ1) is 7.43. The van der Waals surface area contributed by atoms with E-state index in [0.29, 0.717) is 5.56 Å². The Labute approximate surface area is 95.7 Å². The predicted molar refractivity (Wildman–Crippen MR) is 62.0 cm³/mol. The molecule has 0 fully saturated rings. The van der Waals surface area contributed by atoms with E-state index in [2.05, 4.69) is 10.3 Å². The maximum Gasteiger partial charge on any atom is 0.251 e. The van der Waals surface area contributed by atoms with Crippen LogP contribution in [0.15, 0.2) is 24.5 Å². The van der Waals surface area contributed by atoms with E-state index in [4.69, 9.17) is 0 Å². The van der Waals surface area contributed by atoms with Crippen LogP contribution in [0.5, 0.6) is 0 Å². The van der Waals surface area contributed by atoms with E-state index in [1.165, 1.54) is 0 Å². The van der Waals surface area contributed by atoms with E-state index < -0.39 is 5.60 Å². The van der Waals surface area contributed by atoms with Gasteiger partial charge in [0.1, 0.15) is 0 Å². The number of nitrogens with zero attached hydrogens (tertiary/aromatic N) is 1. The largest absolute Gasteiger partial charge is 0.388 e. The van der Waals surface area contributed by atoms with Crippen molar-refractivity contribution in [3.8, 4) is 0 Å². The molecule has 1 aromatic rings. The first-order valence-electron chi connectivity index (χ1n) is 5.34. The van der Waals surface area contributed by atoms with Crippen molar-refractivity contribution in [2.75, 3.05) is 6.54 Å².